The molecule has 0 aliphatic carbocycles. The third-order valence-corrected chi connectivity index (χ3v) is 5.70. The van der Waals surface area contributed by atoms with Gasteiger partial charge in [-0.2, -0.15) is 0 Å². The van der Waals surface area contributed by atoms with Crippen LogP contribution in [0.15, 0.2) is 26.4 Å². The zero-order valence-electron chi connectivity index (χ0n) is 16.0. The standard InChI is InChI=1S/C18H19N3O6S2/c1-4-24-16(22)12-11(13(29-14(12)19)17(23)25-5-2)8-28-18-21-20-15(27-18)10-6-7-26-9(10)3/h6-7H,4-5,8,19H2,1-3H3. The number of hydrogen-bond donors (Lipinski definition) is 1. The van der Waals surface area contributed by atoms with Crippen molar-refractivity contribution in [3.63, 3.8) is 0 Å². The molecule has 0 saturated carbocycles. The van der Waals surface area contributed by atoms with Crippen LogP contribution in [0.4, 0.5) is 5.00 Å². The van der Waals surface area contributed by atoms with Gasteiger partial charge in [-0.1, -0.05) is 11.8 Å². The minimum atomic E-state index is -0.590. The number of nitrogens with two attached hydrogens (primary N) is 1. The SMILES string of the molecule is CCOC(=O)c1sc(N)c(C(=O)OCC)c1CSc1nnc(-c2ccoc2C)o1. The van der Waals surface area contributed by atoms with Crippen molar-refractivity contribution in [2.45, 2.75) is 31.7 Å². The van der Waals surface area contributed by atoms with Crippen LogP contribution in [0, 0.1) is 6.92 Å². The molecule has 2 N–H and O–H groups in total. The van der Waals surface area contributed by atoms with Gasteiger partial charge in [0.25, 0.3) is 11.1 Å². The number of hydrogen-bond acceptors (Lipinski definition) is 11. The van der Waals surface area contributed by atoms with Gasteiger partial charge in [0, 0.05) is 11.3 Å². The lowest BCUT2D eigenvalue weighted by molar-refractivity contribution is 0.0527. The molecule has 0 fully saturated rings. The van der Waals surface area contributed by atoms with Crippen LogP contribution in [0.5, 0.6) is 0 Å². The summed E-state index contributed by atoms with van der Waals surface area (Å²) in [7, 11) is 0. The minimum Gasteiger partial charge on any atom is -0.469 e. The van der Waals surface area contributed by atoms with Crippen LogP contribution in [0.2, 0.25) is 0 Å². The van der Waals surface area contributed by atoms with Gasteiger partial charge < -0.3 is 24.0 Å². The fourth-order valence-corrected chi connectivity index (χ4v) is 4.38. The predicted octanol–water partition coefficient (Wildman–Crippen LogP) is 3.93. The summed E-state index contributed by atoms with van der Waals surface area (Å²) in [6, 6.07) is 1.73. The number of thiophene rings is 1. The summed E-state index contributed by atoms with van der Waals surface area (Å²) in [6.07, 6.45) is 1.53. The number of furan rings is 1. The largest absolute Gasteiger partial charge is 0.469 e. The zero-order chi connectivity index (χ0) is 21.0. The molecule has 29 heavy (non-hydrogen) atoms. The van der Waals surface area contributed by atoms with E-state index in [1.165, 1.54) is 18.0 Å². The highest BCUT2D eigenvalue weighted by atomic mass is 32.2. The Kier molecular flexibility index (Phi) is 6.60. The third kappa shape index (κ3) is 4.46. The first kappa shape index (κ1) is 20.9. The molecule has 3 aromatic rings. The van der Waals surface area contributed by atoms with Gasteiger partial charge in [0.1, 0.15) is 15.6 Å². The van der Waals surface area contributed by atoms with Crippen molar-refractivity contribution < 1.29 is 27.9 Å². The molecule has 3 heterocycles. The molecule has 0 radical (unpaired) electrons. The van der Waals surface area contributed by atoms with Crippen molar-refractivity contribution >= 4 is 40.0 Å². The quantitative estimate of drug-likeness (QED) is 0.408. The monoisotopic (exact) mass is 437 g/mol. The van der Waals surface area contributed by atoms with Gasteiger partial charge in [0.2, 0.25) is 0 Å². The van der Waals surface area contributed by atoms with Gasteiger partial charge in [-0.25, -0.2) is 9.59 Å². The average Bonchev–Trinajstić information content (AvgIpc) is 3.38. The first-order valence-electron chi connectivity index (χ1n) is 8.72. The minimum absolute atomic E-state index is 0.165. The highest BCUT2D eigenvalue weighted by Gasteiger charge is 2.28. The lowest BCUT2D eigenvalue weighted by atomic mass is 10.1. The molecule has 0 atom stereocenters. The van der Waals surface area contributed by atoms with Crippen LogP contribution in [-0.4, -0.2) is 35.3 Å². The number of rotatable bonds is 8. The van der Waals surface area contributed by atoms with Crippen LogP contribution in [-0.2, 0) is 15.2 Å². The Labute approximate surface area is 174 Å². The normalized spacial score (nSPS) is 10.9. The second-order valence-electron chi connectivity index (χ2n) is 5.64. The van der Waals surface area contributed by atoms with E-state index in [0.717, 1.165) is 11.3 Å². The van der Waals surface area contributed by atoms with Crippen LogP contribution in [0.3, 0.4) is 0 Å². The van der Waals surface area contributed by atoms with E-state index in [2.05, 4.69) is 10.2 Å². The number of aryl methyl sites for hydroxylation is 1. The van der Waals surface area contributed by atoms with Crippen molar-refractivity contribution in [2.24, 2.45) is 0 Å². The molecule has 0 unspecified atom stereocenters. The summed E-state index contributed by atoms with van der Waals surface area (Å²) in [5.74, 6) is 0.0372. The van der Waals surface area contributed by atoms with Gasteiger partial charge >= 0.3 is 11.9 Å². The number of thioether (sulfide) groups is 1. The molecule has 0 aliphatic rings. The molecule has 0 bridgehead atoms. The van der Waals surface area contributed by atoms with Crippen molar-refractivity contribution in [2.75, 3.05) is 18.9 Å². The summed E-state index contributed by atoms with van der Waals surface area (Å²) >= 11 is 2.17. The Morgan fingerprint density at radius 3 is 2.59 bits per heavy atom. The fourth-order valence-electron chi connectivity index (χ4n) is 2.53. The van der Waals surface area contributed by atoms with E-state index in [9.17, 15) is 9.59 Å². The summed E-state index contributed by atoms with van der Waals surface area (Å²) in [5, 5.41) is 8.48. The maximum atomic E-state index is 12.4. The van der Waals surface area contributed by atoms with Crippen molar-refractivity contribution in [1.29, 1.82) is 0 Å². The molecular weight excluding hydrogens is 418 g/mol. The van der Waals surface area contributed by atoms with Crippen LogP contribution in [0.1, 0.15) is 45.2 Å². The van der Waals surface area contributed by atoms with Crippen LogP contribution >= 0.6 is 23.1 Å². The van der Waals surface area contributed by atoms with E-state index in [1.807, 2.05) is 0 Å². The van der Waals surface area contributed by atoms with E-state index < -0.39 is 11.9 Å². The lowest BCUT2D eigenvalue weighted by Gasteiger charge is -2.06. The van der Waals surface area contributed by atoms with E-state index in [4.69, 9.17) is 24.0 Å². The number of esters is 2. The average molecular weight is 437 g/mol. The molecule has 3 rings (SSSR count). The van der Waals surface area contributed by atoms with Crippen molar-refractivity contribution in [3.05, 3.63) is 34.1 Å². The van der Waals surface area contributed by atoms with Gasteiger partial charge in [0.15, 0.2) is 0 Å². The van der Waals surface area contributed by atoms with Crippen LogP contribution in [0.25, 0.3) is 11.5 Å². The number of anilines is 1. The van der Waals surface area contributed by atoms with E-state index in [-0.39, 0.29) is 39.6 Å². The van der Waals surface area contributed by atoms with Gasteiger partial charge in [-0.3, -0.25) is 0 Å². The zero-order valence-corrected chi connectivity index (χ0v) is 17.6. The smallest absolute Gasteiger partial charge is 0.348 e. The molecule has 0 spiro atoms. The van der Waals surface area contributed by atoms with Crippen molar-refractivity contribution in [1.82, 2.24) is 10.2 Å². The molecule has 9 nitrogen and oxygen atoms in total. The molecule has 0 saturated heterocycles. The molecule has 0 aromatic carbocycles. The predicted molar refractivity (Wildman–Crippen MR) is 107 cm³/mol. The van der Waals surface area contributed by atoms with Gasteiger partial charge in [-0.15, -0.1) is 21.5 Å². The maximum Gasteiger partial charge on any atom is 0.348 e. The second kappa shape index (κ2) is 9.14. The first-order valence-corrected chi connectivity index (χ1v) is 10.5. The Balaban J connectivity index is 1.87. The Hall–Kier alpha value is -2.79. The molecule has 154 valence electrons. The Morgan fingerprint density at radius 2 is 1.93 bits per heavy atom. The number of aromatic nitrogens is 2. The number of carbonyl (C=O) groups excluding carboxylic acids is 2. The summed E-state index contributed by atoms with van der Waals surface area (Å²) in [6.45, 7) is 5.57. The summed E-state index contributed by atoms with van der Waals surface area (Å²) in [5.41, 5.74) is 7.29. The number of carbonyl (C=O) groups is 2. The third-order valence-electron chi connectivity index (χ3n) is 3.81. The van der Waals surface area contributed by atoms with Gasteiger partial charge in [0.05, 0.1) is 30.6 Å². The van der Waals surface area contributed by atoms with Gasteiger partial charge in [-0.05, 0) is 26.8 Å². The van der Waals surface area contributed by atoms with E-state index >= 15 is 0 Å². The highest BCUT2D eigenvalue weighted by Crippen LogP contribution is 2.37. The molecule has 0 amide bonds. The highest BCUT2D eigenvalue weighted by molar-refractivity contribution is 7.98. The van der Waals surface area contributed by atoms with Crippen molar-refractivity contribution in [3.8, 4) is 11.5 Å². The number of ether oxygens (including phenoxy) is 2. The fraction of sp³-hybridized carbons (Fsp3) is 0.333. The first-order chi connectivity index (χ1) is 14.0. The van der Waals surface area contributed by atoms with Crippen LogP contribution < -0.4 is 5.73 Å². The van der Waals surface area contributed by atoms with E-state index in [1.54, 1.807) is 26.8 Å². The second-order valence-corrected chi connectivity index (χ2v) is 7.62. The summed E-state index contributed by atoms with van der Waals surface area (Å²) < 4.78 is 21.1. The molecular formula is C18H19N3O6S2. The Bertz CT molecular complexity index is 1020. The topological polar surface area (TPSA) is 131 Å². The number of nitrogens with zero attached hydrogens (tertiary/aromatic N) is 2. The molecule has 3 aromatic heterocycles. The van der Waals surface area contributed by atoms with E-state index in [0.29, 0.717) is 22.8 Å². The molecule has 0 aliphatic heterocycles. The lowest BCUT2D eigenvalue weighted by Crippen LogP contribution is -2.11. The maximum absolute atomic E-state index is 12.4. The molecule has 11 heteroatoms. The Morgan fingerprint density at radius 1 is 1.21 bits per heavy atom. The summed E-state index contributed by atoms with van der Waals surface area (Å²) in [4.78, 5) is 25.0. The number of nitrogen functional groups attached to an aromatic ring is 1.